The number of hydrogen-bond donors (Lipinski definition) is 1. The maximum absolute atomic E-state index is 13.0. The highest BCUT2D eigenvalue weighted by atomic mass is 35.5. The van der Waals surface area contributed by atoms with Crippen molar-refractivity contribution < 1.29 is 14.3 Å². The van der Waals surface area contributed by atoms with Crippen LogP contribution in [0.5, 0.6) is 5.75 Å². The van der Waals surface area contributed by atoms with Gasteiger partial charge in [-0.15, -0.1) is 0 Å². The van der Waals surface area contributed by atoms with Gasteiger partial charge in [0.2, 0.25) is 11.8 Å². The molecule has 0 unspecified atom stereocenters. The van der Waals surface area contributed by atoms with Crippen LogP contribution in [-0.2, 0) is 16.1 Å². The number of carbonyl (C=O) groups excluding carboxylic acids is 2. The van der Waals surface area contributed by atoms with Crippen LogP contribution >= 0.6 is 23.2 Å². The van der Waals surface area contributed by atoms with E-state index in [0.717, 1.165) is 11.3 Å². The second kappa shape index (κ2) is 11.7. The quantitative estimate of drug-likeness (QED) is 0.548. The Morgan fingerprint density at radius 2 is 1.83 bits per heavy atom. The molecule has 0 saturated carbocycles. The van der Waals surface area contributed by atoms with Crippen molar-refractivity contribution >= 4 is 35.0 Å². The first-order valence-electron chi connectivity index (χ1n) is 9.59. The Hall–Kier alpha value is -2.24. The molecule has 1 atom stereocenters. The fraction of sp³-hybridized carbons (Fsp3) is 0.364. The average molecular weight is 437 g/mol. The summed E-state index contributed by atoms with van der Waals surface area (Å²) < 4.78 is 5.66. The Bertz CT molecular complexity index is 815. The van der Waals surface area contributed by atoms with Gasteiger partial charge in [-0.3, -0.25) is 9.59 Å². The largest absolute Gasteiger partial charge is 0.494 e. The summed E-state index contributed by atoms with van der Waals surface area (Å²) in [7, 11) is 1.57. The first-order chi connectivity index (χ1) is 14.0. The summed E-state index contributed by atoms with van der Waals surface area (Å²) in [5.74, 6) is 0.467. The van der Waals surface area contributed by atoms with Gasteiger partial charge in [0.25, 0.3) is 0 Å². The maximum Gasteiger partial charge on any atom is 0.242 e. The van der Waals surface area contributed by atoms with Gasteiger partial charge in [-0.1, -0.05) is 54.4 Å². The first-order valence-corrected chi connectivity index (χ1v) is 10.3. The van der Waals surface area contributed by atoms with E-state index >= 15 is 0 Å². The number of hydrogen-bond acceptors (Lipinski definition) is 3. The highest BCUT2D eigenvalue weighted by molar-refractivity contribution is 6.42. The third-order valence-corrected chi connectivity index (χ3v) is 5.26. The zero-order valence-electron chi connectivity index (χ0n) is 16.7. The molecule has 7 heteroatoms. The zero-order chi connectivity index (χ0) is 21.2. The Kier molecular flexibility index (Phi) is 9.29. The maximum atomic E-state index is 13.0. The van der Waals surface area contributed by atoms with Gasteiger partial charge in [-0.05, 0) is 42.7 Å². The molecule has 0 aliphatic carbocycles. The number of halogens is 2. The number of nitrogens with zero attached hydrogens (tertiary/aromatic N) is 1. The molecule has 0 aliphatic heterocycles. The Morgan fingerprint density at radius 1 is 1.10 bits per heavy atom. The molecule has 2 rings (SSSR count). The summed E-state index contributed by atoms with van der Waals surface area (Å²) in [4.78, 5) is 26.9. The molecule has 0 bridgehead atoms. The van der Waals surface area contributed by atoms with Crippen LogP contribution in [0.1, 0.15) is 31.7 Å². The van der Waals surface area contributed by atoms with Crippen molar-refractivity contribution in [2.75, 3.05) is 13.7 Å². The second-order valence-corrected chi connectivity index (χ2v) is 7.39. The van der Waals surface area contributed by atoms with E-state index in [1.54, 1.807) is 24.1 Å². The third-order valence-electron chi connectivity index (χ3n) is 4.52. The molecule has 0 heterocycles. The third kappa shape index (κ3) is 6.94. The molecule has 0 aliphatic rings. The van der Waals surface area contributed by atoms with Crippen molar-refractivity contribution in [3.8, 4) is 5.75 Å². The number of carbonyl (C=O) groups is 2. The Balaban J connectivity index is 2.05. The molecule has 2 aromatic rings. The van der Waals surface area contributed by atoms with Crippen molar-refractivity contribution in [1.82, 2.24) is 10.2 Å². The minimum Gasteiger partial charge on any atom is -0.494 e. The molecular formula is C22H26Cl2N2O3. The van der Waals surface area contributed by atoms with Crippen LogP contribution in [0.4, 0.5) is 0 Å². The molecule has 0 aromatic heterocycles. The van der Waals surface area contributed by atoms with E-state index in [2.05, 4.69) is 5.32 Å². The van der Waals surface area contributed by atoms with E-state index in [0.29, 0.717) is 29.5 Å². The summed E-state index contributed by atoms with van der Waals surface area (Å²) in [5.41, 5.74) is 0.815. The lowest BCUT2D eigenvalue weighted by molar-refractivity contribution is -0.141. The van der Waals surface area contributed by atoms with Gasteiger partial charge in [0, 0.05) is 20.0 Å². The fourth-order valence-corrected chi connectivity index (χ4v) is 3.32. The van der Waals surface area contributed by atoms with Crippen molar-refractivity contribution in [3.05, 3.63) is 64.1 Å². The van der Waals surface area contributed by atoms with E-state index in [1.165, 1.54) is 0 Å². The summed E-state index contributed by atoms with van der Waals surface area (Å²) in [6.07, 6.45) is 1.34. The number of rotatable bonds is 10. The number of nitrogens with one attached hydrogen (secondary N) is 1. The molecule has 156 valence electrons. The number of likely N-dealkylation sites (N-methyl/N-ethyl adjacent to an activating group) is 1. The van der Waals surface area contributed by atoms with Gasteiger partial charge in [0.05, 0.1) is 16.7 Å². The molecule has 5 nitrogen and oxygen atoms in total. The van der Waals surface area contributed by atoms with E-state index in [1.807, 2.05) is 43.3 Å². The molecular weight excluding hydrogens is 411 g/mol. The average Bonchev–Trinajstić information content (AvgIpc) is 2.74. The minimum atomic E-state index is -0.558. The van der Waals surface area contributed by atoms with E-state index in [4.69, 9.17) is 27.9 Å². The van der Waals surface area contributed by atoms with Crippen LogP contribution < -0.4 is 10.1 Å². The molecule has 2 aromatic carbocycles. The molecule has 0 fully saturated rings. The standard InChI is InChI=1S/C22H26Cl2N2O3/c1-3-20(22(28)25-2)26(15-16-11-12-18(23)19(24)14-16)21(27)10-7-13-29-17-8-5-4-6-9-17/h4-6,8-9,11-12,14,20H,3,7,10,13,15H2,1-2H3,(H,25,28)/t20-/m1/s1. The van der Waals surface area contributed by atoms with Gasteiger partial charge < -0.3 is 15.0 Å². The Labute approximate surface area is 181 Å². The number of ether oxygens (including phenoxy) is 1. The minimum absolute atomic E-state index is 0.108. The van der Waals surface area contributed by atoms with Crippen LogP contribution in [0.25, 0.3) is 0 Å². The lowest BCUT2D eigenvalue weighted by Gasteiger charge is -2.30. The van der Waals surface area contributed by atoms with Crippen LogP contribution in [-0.4, -0.2) is 36.4 Å². The van der Waals surface area contributed by atoms with Crippen LogP contribution in [0.2, 0.25) is 10.0 Å². The van der Waals surface area contributed by atoms with Crippen LogP contribution in [0, 0.1) is 0 Å². The summed E-state index contributed by atoms with van der Waals surface area (Å²) in [5, 5.41) is 3.51. The van der Waals surface area contributed by atoms with Crippen molar-refractivity contribution in [1.29, 1.82) is 0 Å². The van der Waals surface area contributed by atoms with E-state index in [-0.39, 0.29) is 24.8 Å². The number of para-hydroxylation sites is 1. The van der Waals surface area contributed by atoms with Crippen molar-refractivity contribution in [3.63, 3.8) is 0 Å². The topological polar surface area (TPSA) is 58.6 Å². The second-order valence-electron chi connectivity index (χ2n) is 6.57. The molecule has 1 N–H and O–H groups in total. The predicted octanol–water partition coefficient (Wildman–Crippen LogP) is 4.71. The molecule has 29 heavy (non-hydrogen) atoms. The monoisotopic (exact) mass is 436 g/mol. The lowest BCUT2D eigenvalue weighted by atomic mass is 10.1. The molecule has 0 radical (unpaired) electrons. The summed E-state index contributed by atoms with van der Waals surface area (Å²) in [6, 6.07) is 14.1. The number of amides is 2. The molecule has 0 spiro atoms. The Morgan fingerprint density at radius 3 is 2.45 bits per heavy atom. The SMILES string of the molecule is CC[C@H](C(=O)NC)N(Cc1ccc(Cl)c(Cl)c1)C(=O)CCCOc1ccccc1. The lowest BCUT2D eigenvalue weighted by Crippen LogP contribution is -2.48. The van der Waals surface area contributed by atoms with E-state index < -0.39 is 6.04 Å². The van der Waals surface area contributed by atoms with Gasteiger partial charge in [0.15, 0.2) is 0 Å². The van der Waals surface area contributed by atoms with Gasteiger partial charge in [-0.25, -0.2) is 0 Å². The van der Waals surface area contributed by atoms with Crippen LogP contribution in [0.3, 0.4) is 0 Å². The molecule has 0 saturated heterocycles. The summed E-state index contributed by atoms with van der Waals surface area (Å²) in [6.45, 7) is 2.59. The first kappa shape index (κ1) is 23.0. The predicted molar refractivity (Wildman–Crippen MR) is 116 cm³/mol. The van der Waals surface area contributed by atoms with Gasteiger partial charge in [0.1, 0.15) is 11.8 Å². The van der Waals surface area contributed by atoms with Crippen molar-refractivity contribution in [2.45, 2.75) is 38.8 Å². The van der Waals surface area contributed by atoms with Crippen LogP contribution in [0.15, 0.2) is 48.5 Å². The highest BCUT2D eigenvalue weighted by Gasteiger charge is 2.27. The van der Waals surface area contributed by atoms with Gasteiger partial charge in [-0.2, -0.15) is 0 Å². The smallest absolute Gasteiger partial charge is 0.242 e. The summed E-state index contributed by atoms with van der Waals surface area (Å²) >= 11 is 12.1. The van der Waals surface area contributed by atoms with Crippen molar-refractivity contribution in [2.24, 2.45) is 0 Å². The number of benzene rings is 2. The molecule has 2 amide bonds. The normalized spacial score (nSPS) is 11.6. The zero-order valence-corrected chi connectivity index (χ0v) is 18.2. The van der Waals surface area contributed by atoms with E-state index in [9.17, 15) is 9.59 Å². The fourth-order valence-electron chi connectivity index (χ4n) is 2.99. The van der Waals surface area contributed by atoms with Gasteiger partial charge >= 0.3 is 0 Å². The highest BCUT2D eigenvalue weighted by Crippen LogP contribution is 2.24.